The molecule has 0 spiro atoms. The minimum absolute atomic E-state index is 0.0736. The third-order valence-corrected chi connectivity index (χ3v) is 3.69. The summed E-state index contributed by atoms with van der Waals surface area (Å²) < 4.78 is 22.9. The third-order valence-electron chi connectivity index (χ3n) is 2.72. The number of hydrogen-bond donors (Lipinski definition) is 3. The second-order valence-corrected chi connectivity index (χ2v) is 5.62. The zero-order chi connectivity index (χ0) is 13.9. The second kappa shape index (κ2) is 5.29. The Kier molecular flexibility index (Phi) is 3.73. The van der Waals surface area contributed by atoms with Crippen molar-refractivity contribution in [3.05, 3.63) is 54.1 Å². The first kappa shape index (κ1) is 13.4. The number of nitrogens with two attached hydrogens (primary N) is 2. The highest BCUT2D eigenvalue weighted by atomic mass is 32.2. The third kappa shape index (κ3) is 3.24. The summed E-state index contributed by atoms with van der Waals surface area (Å²) in [6.07, 6.45) is 0. The molecular weight excluding hydrogens is 262 g/mol. The van der Waals surface area contributed by atoms with Gasteiger partial charge in [0.05, 0.1) is 5.69 Å². The molecule has 0 radical (unpaired) electrons. The lowest BCUT2D eigenvalue weighted by Crippen LogP contribution is -2.15. The van der Waals surface area contributed by atoms with Crippen molar-refractivity contribution in [2.45, 2.75) is 11.4 Å². The maximum Gasteiger partial charge on any atom is 0.240 e. The molecule has 0 fully saturated rings. The van der Waals surface area contributed by atoms with Crippen LogP contribution in [0, 0.1) is 0 Å². The molecule has 2 aromatic carbocycles. The van der Waals surface area contributed by atoms with Crippen LogP contribution in [-0.4, -0.2) is 8.42 Å². The largest absolute Gasteiger partial charge is 0.398 e. The quantitative estimate of drug-likeness (QED) is 0.738. The number of nitrogens with one attached hydrogen (secondary N) is 1. The van der Waals surface area contributed by atoms with Crippen LogP contribution in [0.5, 0.6) is 0 Å². The van der Waals surface area contributed by atoms with Crippen LogP contribution in [0.15, 0.2) is 53.4 Å². The van der Waals surface area contributed by atoms with E-state index in [1.165, 1.54) is 6.07 Å². The number of para-hydroxylation sites is 2. The van der Waals surface area contributed by atoms with E-state index in [2.05, 4.69) is 5.32 Å². The van der Waals surface area contributed by atoms with Gasteiger partial charge in [0.1, 0.15) is 4.90 Å². The van der Waals surface area contributed by atoms with E-state index in [9.17, 15) is 8.42 Å². The molecule has 0 unspecified atom stereocenters. The van der Waals surface area contributed by atoms with E-state index in [1.807, 2.05) is 18.2 Å². The van der Waals surface area contributed by atoms with Crippen LogP contribution in [0.3, 0.4) is 0 Å². The normalized spacial score (nSPS) is 11.2. The molecule has 0 bridgehead atoms. The fraction of sp³-hybridized carbons (Fsp3) is 0.0769. The lowest BCUT2D eigenvalue weighted by atomic mass is 10.2. The minimum Gasteiger partial charge on any atom is -0.398 e. The minimum atomic E-state index is -3.74. The van der Waals surface area contributed by atoms with Gasteiger partial charge in [-0.05, 0) is 23.8 Å². The van der Waals surface area contributed by atoms with E-state index in [0.717, 1.165) is 5.56 Å². The van der Waals surface area contributed by atoms with Crippen molar-refractivity contribution >= 4 is 21.4 Å². The van der Waals surface area contributed by atoms with Crippen LogP contribution in [0.25, 0.3) is 0 Å². The summed E-state index contributed by atoms with van der Waals surface area (Å²) in [5.74, 6) is 0. The molecule has 0 atom stereocenters. The van der Waals surface area contributed by atoms with Crippen molar-refractivity contribution in [2.24, 2.45) is 5.14 Å². The molecule has 0 heterocycles. The van der Waals surface area contributed by atoms with E-state index < -0.39 is 10.0 Å². The molecule has 0 saturated carbocycles. The second-order valence-electron chi connectivity index (χ2n) is 4.09. The standard InChI is InChI=1S/C13H15N3O2S/c14-11-6-2-1-5-10(11)9-16-12-7-3-4-8-13(12)19(15,17)18/h1-8,16H,9,14H2,(H2,15,17,18). The predicted molar refractivity (Wildman–Crippen MR) is 76.0 cm³/mol. The average Bonchev–Trinajstić information content (AvgIpc) is 2.37. The molecule has 0 amide bonds. The first-order valence-electron chi connectivity index (χ1n) is 5.67. The zero-order valence-electron chi connectivity index (χ0n) is 10.2. The topological polar surface area (TPSA) is 98.2 Å². The van der Waals surface area contributed by atoms with Crippen molar-refractivity contribution in [2.75, 3.05) is 11.1 Å². The van der Waals surface area contributed by atoms with Crippen molar-refractivity contribution in [1.82, 2.24) is 0 Å². The van der Waals surface area contributed by atoms with Gasteiger partial charge in [-0.1, -0.05) is 30.3 Å². The number of benzene rings is 2. The van der Waals surface area contributed by atoms with Gasteiger partial charge in [-0.15, -0.1) is 0 Å². The zero-order valence-corrected chi connectivity index (χ0v) is 11.0. The van der Waals surface area contributed by atoms with E-state index >= 15 is 0 Å². The molecule has 6 heteroatoms. The molecule has 100 valence electrons. The van der Waals surface area contributed by atoms with Gasteiger partial charge in [0, 0.05) is 12.2 Å². The maximum atomic E-state index is 11.4. The number of rotatable bonds is 4. The molecule has 0 saturated heterocycles. The highest BCUT2D eigenvalue weighted by Gasteiger charge is 2.12. The van der Waals surface area contributed by atoms with Crippen LogP contribution < -0.4 is 16.2 Å². The molecule has 2 aromatic rings. The Balaban J connectivity index is 2.24. The van der Waals surface area contributed by atoms with Crippen molar-refractivity contribution < 1.29 is 8.42 Å². The summed E-state index contributed by atoms with van der Waals surface area (Å²) in [7, 11) is -3.74. The number of sulfonamides is 1. The number of anilines is 2. The summed E-state index contributed by atoms with van der Waals surface area (Å²) in [5.41, 5.74) is 7.84. The number of primary sulfonamides is 1. The molecule has 0 aromatic heterocycles. The molecule has 19 heavy (non-hydrogen) atoms. The van der Waals surface area contributed by atoms with Crippen molar-refractivity contribution in [3.63, 3.8) is 0 Å². The summed E-state index contributed by atoms with van der Waals surface area (Å²) in [5, 5.41) is 8.20. The molecular formula is C13H15N3O2S. The summed E-state index contributed by atoms with van der Waals surface area (Å²) >= 11 is 0. The van der Waals surface area contributed by atoms with Gasteiger partial charge in [0.2, 0.25) is 10.0 Å². The lowest BCUT2D eigenvalue weighted by Gasteiger charge is -2.11. The highest BCUT2D eigenvalue weighted by Crippen LogP contribution is 2.21. The molecule has 0 aliphatic heterocycles. The fourth-order valence-electron chi connectivity index (χ4n) is 1.75. The lowest BCUT2D eigenvalue weighted by molar-refractivity contribution is 0.598. The van der Waals surface area contributed by atoms with E-state index in [4.69, 9.17) is 10.9 Å². The Morgan fingerprint density at radius 2 is 1.63 bits per heavy atom. The van der Waals surface area contributed by atoms with Crippen LogP contribution in [0.4, 0.5) is 11.4 Å². The van der Waals surface area contributed by atoms with E-state index in [1.54, 1.807) is 24.3 Å². The SMILES string of the molecule is Nc1ccccc1CNc1ccccc1S(N)(=O)=O. The van der Waals surface area contributed by atoms with Crippen LogP contribution in [0.2, 0.25) is 0 Å². The Morgan fingerprint density at radius 1 is 1.00 bits per heavy atom. The van der Waals surface area contributed by atoms with Gasteiger partial charge in [-0.25, -0.2) is 13.6 Å². The van der Waals surface area contributed by atoms with Gasteiger partial charge in [0.15, 0.2) is 0 Å². The Morgan fingerprint density at radius 3 is 2.32 bits per heavy atom. The first-order chi connectivity index (χ1) is 8.98. The van der Waals surface area contributed by atoms with Gasteiger partial charge < -0.3 is 11.1 Å². The van der Waals surface area contributed by atoms with Crippen molar-refractivity contribution in [1.29, 1.82) is 0 Å². The van der Waals surface area contributed by atoms with Crippen LogP contribution in [0.1, 0.15) is 5.56 Å². The molecule has 0 aliphatic carbocycles. The van der Waals surface area contributed by atoms with Crippen LogP contribution in [-0.2, 0) is 16.6 Å². The first-order valence-corrected chi connectivity index (χ1v) is 7.22. The fourth-order valence-corrected chi connectivity index (χ4v) is 2.46. The van der Waals surface area contributed by atoms with Gasteiger partial charge in [-0.3, -0.25) is 0 Å². The smallest absolute Gasteiger partial charge is 0.240 e. The Hall–Kier alpha value is -2.05. The Bertz CT molecular complexity index is 684. The summed E-state index contributed by atoms with van der Waals surface area (Å²) in [6.45, 7) is 0.430. The number of hydrogen-bond acceptors (Lipinski definition) is 4. The number of nitrogen functional groups attached to an aromatic ring is 1. The summed E-state index contributed by atoms with van der Waals surface area (Å²) in [4.78, 5) is 0.0736. The highest BCUT2D eigenvalue weighted by molar-refractivity contribution is 7.89. The molecule has 5 nitrogen and oxygen atoms in total. The molecule has 2 rings (SSSR count). The van der Waals surface area contributed by atoms with Crippen LogP contribution >= 0.6 is 0 Å². The van der Waals surface area contributed by atoms with E-state index in [-0.39, 0.29) is 4.90 Å². The monoisotopic (exact) mass is 277 g/mol. The predicted octanol–water partition coefficient (Wildman–Crippen LogP) is 1.53. The molecule has 0 aliphatic rings. The summed E-state index contributed by atoms with van der Waals surface area (Å²) in [6, 6.07) is 13.9. The maximum absolute atomic E-state index is 11.4. The van der Waals surface area contributed by atoms with Gasteiger partial charge >= 0.3 is 0 Å². The molecule has 5 N–H and O–H groups in total. The average molecular weight is 277 g/mol. The van der Waals surface area contributed by atoms with Gasteiger partial charge in [-0.2, -0.15) is 0 Å². The van der Waals surface area contributed by atoms with Gasteiger partial charge in [0.25, 0.3) is 0 Å². The van der Waals surface area contributed by atoms with Crippen molar-refractivity contribution in [3.8, 4) is 0 Å². The Labute approximate surface area is 112 Å². The van der Waals surface area contributed by atoms with E-state index in [0.29, 0.717) is 17.9 Å².